The summed E-state index contributed by atoms with van der Waals surface area (Å²) in [4.78, 5) is 0. The molecule has 0 bridgehead atoms. The first-order valence-electron chi connectivity index (χ1n) is 5.65. The first-order chi connectivity index (χ1) is 8.19. The molecule has 90 valence electrons. The number of nitrogens with one attached hydrogen (secondary N) is 1. The molecule has 0 radical (unpaired) electrons. The molecule has 17 heavy (non-hydrogen) atoms. The van der Waals surface area contributed by atoms with E-state index >= 15 is 0 Å². The van der Waals surface area contributed by atoms with Gasteiger partial charge in [0.05, 0.1) is 18.6 Å². The van der Waals surface area contributed by atoms with Crippen LogP contribution in [0.2, 0.25) is 0 Å². The summed E-state index contributed by atoms with van der Waals surface area (Å²) in [6.45, 7) is 4.08. The van der Waals surface area contributed by atoms with Crippen LogP contribution in [0.25, 0.3) is 0 Å². The van der Waals surface area contributed by atoms with E-state index in [1.54, 1.807) is 6.20 Å². The van der Waals surface area contributed by atoms with Gasteiger partial charge in [-0.2, -0.15) is 5.10 Å². The summed E-state index contributed by atoms with van der Waals surface area (Å²) >= 11 is 0. The summed E-state index contributed by atoms with van der Waals surface area (Å²) in [7, 11) is 1.90. The highest BCUT2D eigenvalue weighted by Gasteiger charge is 2.05. The Bertz CT molecular complexity index is 476. The Morgan fingerprint density at radius 1 is 1.24 bits per heavy atom. The molecule has 2 aromatic rings. The molecule has 0 aliphatic carbocycles. The van der Waals surface area contributed by atoms with E-state index in [4.69, 9.17) is 4.74 Å². The Morgan fingerprint density at radius 3 is 2.59 bits per heavy atom. The normalized spacial score (nSPS) is 12.4. The van der Waals surface area contributed by atoms with E-state index in [1.807, 2.05) is 49.1 Å². The molecule has 1 N–H and O–H groups in total. The summed E-state index contributed by atoms with van der Waals surface area (Å²) in [5, 5.41) is 7.34. The molecule has 0 fully saturated rings. The molecule has 0 saturated heterocycles. The van der Waals surface area contributed by atoms with Gasteiger partial charge in [-0.1, -0.05) is 17.7 Å². The van der Waals surface area contributed by atoms with Gasteiger partial charge in [0.25, 0.3) is 0 Å². The molecule has 2 rings (SSSR count). The Balaban J connectivity index is 2.08. The third-order valence-corrected chi connectivity index (χ3v) is 2.65. The number of aryl methyl sites for hydroxylation is 1. The van der Waals surface area contributed by atoms with Gasteiger partial charge in [0.15, 0.2) is 5.75 Å². The van der Waals surface area contributed by atoms with Crippen molar-refractivity contribution in [1.82, 2.24) is 15.1 Å². The molecule has 1 atom stereocenters. The number of aromatic nitrogens is 2. The fourth-order valence-electron chi connectivity index (χ4n) is 1.46. The lowest BCUT2D eigenvalue weighted by molar-refractivity contribution is 0.428. The van der Waals surface area contributed by atoms with E-state index in [0.29, 0.717) is 0 Å². The molecule has 0 saturated carbocycles. The zero-order valence-electron chi connectivity index (χ0n) is 10.3. The Hall–Kier alpha value is -1.81. The fourth-order valence-corrected chi connectivity index (χ4v) is 1.46. The van der Waals surface area contributed by atoms with Gasteiger partial charge < -0.3 is 4.74 Å². The molecule has 1 aromatic heterocycles. The van der Waals surface area contributed by atoms with Crippen LogP contribution in [0.4, 0.5) is 0 Å². The maximum Gasteiger partial charge on any atom is 0.165 e. The van der Waals surface area contributed by atoms with Crippen molar-refractivity contribution in [1.29, 1.82) is 0 Å². The molecule has 1 heterocycles. The number of ether oxygens (including phenoxy) is 1. The number of benzene rings is 1. The fraction of sp³-hybridized carbons (Fsp3) is 0.308. The standard InChI is InChI=1S/C13H17N3O/c1-10-4-6-12(7-5-10)17-13-8-15-16(9-13)11(2)14-3/h4-9,11,14H,1-3H3. The van der Waals surface area contributed by atoms with Crippen LogP contribution in [0.15, 0.2) is 36.7 Å². The Labute approximate surface area is 101 Å². The predicted octanol–water partition coefficient (Wildman–Crippen LogP) is 2.72. The second-order valence-electron chi connectivity index (χ2n) is 4.04. The quantitative estimate of drug-likeness (QED) is 0.879. The molecule has 0 aliphatic heterocycles. The first kappa shape index (κ1) is 11.7. The molecular weight excluding hydrogens is 214 g/mol. The Morgan fingerprint density at radius 2 is 1.94 bits per heavy atom. The van der Waals surface area contributed by atoms with Crippen molar-refractivity contribution in [3.05, 3.63) is 42.2 Å². The zero-order chi connectivity index (χ0) is 12.3. The maximum atomic E-state index is 5.70. The first-order valence-corrected chi connectivity index (χ1v) is 5.65. The van der Waals surface area contributed by atoms with Gasteiger partial charge >= 0.3 is 0 Å². The highest BCUT2D eigenvalue weighted by Crippen LogP contribution is 2.21. The van der Waals surface area contributed by atoms with Crippen LogP contribution < -0.4 is 10.1 Å². The van der Waals surface area contributed by atoms with Gasteiger partial charge in [-0.25, -0.2) is 0 Å². The summed E-state index contributed by atoms with van der Waals surface area (Å²) in [5.74, 6) is 1.57. The van der Waals surface area contributed by atoms with E-state index in [1.165, 1.54) is 5.56 Å². The number of nitrogens with zero attached hydrogens (tertiary/aromatic N) is 2. The average Bonchev–Trinajstić information content (AvgIpc) is 2.80. The zero-order valence-corrected chi connectivity index (χ0v) is 10.3. The summed E-state index contributed by atoms with van der Waals surface area (Å²) in [5.41, 5.74) is 1.22. The van der Waals surface area contributed by atoms with Crippen LogP contribution in [0.3, 0.4) is 0 Å². The monoisotopic (exact) mass is 231 g/mol. The summed E-state index contributed by atoms with van der Waals surface area (Å²) in [6, 6.07) is 7.95. The van der Waals surface area contributed by atoms with Crippen LogP contribution in [-0.4, -0.2) is 16.8 Å². The van der Waals surface area contributed by atoms with Gasteiger partial charge in [0.1, 0.15) is 5.75 Å². The van der Waals surface area contributed by atoms with Gasteiger partial charge in [-0.15, -0.1) is 0 Å². The van der Waals surface area contributed by atoms with Crippen LogP contribution in [0.5, 0.6) is 11.5 Å². The van der Waals surface area contributed by atoms with Crippen molar-refractivity contribution in [2.75, 3.05) is 7.05 Å². The topological polar surface area (TPSA) is 39.1 Å². The van der Waals surface area contributed by atoms with Crippen molar-refractivity contribution in [3.63, 3.8) is 0 Å². The van der Waals surface area contributed by atoms with Crippen LogP contribution in [-0.2, 0) is 0 Å². The lowest BCUT2D eigenvalue weighted by Gasteiger charge is -2.09. The van der Waals surface area contributed by atoms with E-state index in [2.05, 4.69) is 17.3 Å². The van der Waals surface area contributed by atoms with Crippen molar-refractivity contribution >= 4 is 0 Å². The average molecular weight is 231 g/mol. The Kier molecular flexibility index (Phi) is 3.44. The van der Waals surface area contributed by atoms with Crippen molar-refractivity contribution in [2.45, 2.75) is 20.0 Å². The van der Waals surface area contributed by atoms with E-state index < -0.39 is 0 Å². The van der Waals surface area contributed by atoms with Gasteiger partial charge in [0.2, 0.25) is 0 Å². The maximum absolute atomic E-state index is 5.70. The van der Waals surface area contributed by atoms with Gasteiger partial charge in [-0.05, 0) is 33.0 Å². The molecule has 4 nitrogen and oxygen atoms in total. The van der Waals surface area contributed by atoms with E-state index in [0.717, 1.165) is 11.5 Å². The van der Waals surface area contributed by atoms with Crippen LogP contribution in [0.1, 0.15) is 18.7 Å². The smallest absolute Gasteiger partial charge is 0.165 e. The summed E-state index contributed by atoms with van der Waals surface area (Å²) in [6.07, 6.45) is 3.75. The van der Waals surface area contributed by atoms with E-state index in [9.17, 15) is 0 Å². The molecule has 4 heteroatoms. The van der Waals surface area contributed by atoms with Crippen LogP contribution in [0, 0.1) is 6.92 Å². The lowest BCUT2D eigenvalue weighted by Crippen LogP contribution is -2.19. The lowest BCUT2D eigenvalue weighted by atomic mass is 10.2. The predicted molar refractivity (Wildman–Crippen MR) is 67.3 cm³/mol. The second kappa shape index (κ2) is 5.01. The highest BCUT2D eigenvalue weighted by atomic mass is 16.5. The van der Waals surface area contributed by atoms with Gasteiger partial charge in [0, 0.05) is 0 Å². The second-order valence-corrected chi connectivity index (χ2v) is 4.04. The molecule has 1 unspecified atom stereocenters. The number of hydrogen-bond donors (Lipinski definition) is 1. The molecule has 0 spiro atoms. The van der Waals surface area contributed by atoms with Crippen molar-refractivity contribution in [3.8, 4) is 11.5 Å². The minimum absolute atomic E-state index is 0.158. The van der Waals surface area contributed by atoms with Crippen molar-refractivity contribution in [2.24, 2.45) is 0 Å². The van der Waals surface area contributed by atoms with Crippen molar-refractivity contribution < 1.29 is 4.74 Å². The van der Waals surface area contributed by atoms with Crippen LogP contribution >= 0.6 is 0 Å². The largest absolute Gasteiger partial charge is 0.454 e. The molecule has 0 aliphatic rings. The summed E-state index contributed by atoms with van der Waals surface area (Å²) < 4.78 is 7.52. The third-order valence-electron chi connectivity index (χ3n) is 2.65. The molecule has 1 aromatic carbocycles. The van der Waals surface area contributed by atoms with Gasteiger partial charge in [-0.3, -0.25) is 10.00 Å². The molecular formula is C13H17N3O. The third kappa shape index (κ3) is 2.85. The minimum atomic E-state index is 0.158. The molecule has 0 amide bonds. The van der Waals surface area contributed by atoms with E-state index in [-0.39, 0.29) is 6.17 Å². The highest BCUT2D eigenvalue weighted by molar-refractivity contribution is 5.30. The SMILES string of the molecule is CNC(C)n1cc(Oc2ccc(C)cc2)cn1. The number of hydrogen-bond acceptors (Lipinski definition) is 3. The minimum Gasteiger partial charge on any atom is -0.454 e. The number of rotatable bonds is 4.